The van der Waals surface area contributed by atoms with E-state index in [9.17, 15) is 8.42 Å². The monoisotopic (exact) mass is 336 g/mol. The molecule has 1 aromatic carbocycles. The van der Waals surface area contributed by atoms with E-state index in [-0.39, 0.29) is 6.04 Å². The van der Waals surface area contributed by atoms with Crippen molar-refractivity contribution in [3.05, 3.63) is 46.8 Å². The number of aryl methyl sites for hydroxylation is 2. The summed E-state index contributed by atoms with van der Waals surface area (Å²) in [5.41, 5.74) is 4.10. The van der Waals surface area contributed by atoms with Gasteiger partial charge in [-0.05, 0) is 45.4 Å². The van der Waals surface area contributed by atoms with Crippen LogP contribution < -0.4 is 10.0 Å². The highest BCUT2D eigenvalue weighted by molar-refractivity contribution is 7.89. The normalized spacial score (nSPS) is 12.0. The second-order valence-electron chi connectivity index (χ2n) is 5.94. The number of aromatic nitrogens is 2. The molecule has 0 saturated heterocycles. The van der Waals surface area contributed by atoms with Crippen LogP contribution in [0.25, 0.3) is 0 Å². The van der Waals surface area contributed by atoms with Crippen molar-refractivity contribution in [1.29, 1.82) is 0 Å². The second kappa shape index (κ2) is 7.25. The molecule has 7 heteroatoms. The Balaban J connectivity index is 2.03. The van der Waals surface area contributed by atoms with Crippen LogP contribution >= 0.6 is 0 Å². The molecule has 0 spiro atoms. The van der Waals surface area contributed by atoms with Crippen LogP contribution in [0, 0.1) is 13.8 Å². The number of rotatable bonds is 7. The average molecular weight is 336 g/mol. The minimum atomic E-state index is -3.46. The van der Waals surface area contributed by atoms with Gasteiger partial charge in [0.1, 0.15) is 0 Å². The van der Waals surface area contributed by atoms with Gasteiger partial charge in [-0.2, -0.15) is 5.10 Å². The smallest absolute Gasteiger partial charge is 0.240 e. The van der Waals surface area contributed by atoms with Crippen LogP contribution in [-0.4, -0.2) is 24.7 Å². The number of H-pyrrole nitrogens is 1. The molecule has 1 aromatic heterocycles. The van der Waals surface area contributed by atoms with Crippen LogP contribution in [0.3, 0.4) is 0 Å². The molecule has 0 bridgehead atoms. The molecule has 0 aliphatic heterocycles. The Hall–Kier alpha value is -1.70. The summed E-state index contributed by atoms with van der Waals surface area (Å²) < 4.78 is 27.0. The Kier molecular flexibility index (Phi) is 5.56. The van der Waals surface area contributed by atoms with Crippen LogP contribution in [-0.2, 0) is 23.1 Å². The number of hydrogen-bond donors (Lipinski definition) is 3. The number of benzene rings is 1. The zero-order valence-electron chi connectivity index (χ0n) is 14.0. The first-order valence-electron chi connectivity index (χ1n) is 7.62. The molecule has 0 radical (unpaired) electrons. The van der Waals surface area contributed by atoms with E-state index in [0.717, 1.165) is 22.5 Å². The van der Waals surface area contributed by atoms with Crippen molar-refractivity contribution in [2.24, 2.45) is 0 Å². The van der Waals surface area contributed by atoms with E-state index >= 15 is 0 Å². The summed E-state index contributed by atoms with van der Waals surface area (Å²) in [6, 6.07) is 6.86. The molecule has 3 N–H and O–H groups in total. The van der Waals surface area contributed by atoms with Crippen LogP contribution in [0.1, 0.15) is 36.4 Å². The molecule has 0 fully saturated rings. The van der Waals surface area contributed by atoms with Gasteiger partial charge in [0.05, 0.1) is 10.6 Å². The Bertz CT molecular complexity index is 747. The predicted octanol–water partition coefficient (Wildman–Crippen LogP) is 2.00. The van der Waals surface area contributed by atoms with E-state index in [4.69, 9.17) is 0 Å². The van der Waals surface area contributed by atoms with Crippen molar-refractivity contribution in [3.63, 3.8) is 0 Å². The zero-order valence-corrected chi connectivity index (χ0v) is 14.8. The third-order valence-electron chi connectivity index (χ3n) is 3.51. The molecule has 23 heavy (non-hydrogen) atoms. The van der Waals surface area contributed by atoms with Crippen molar-refractivity contribution in [1.82, 2.24) is 20.2 Å². The molecule has 0 aliphatic carbocycles. The van der Waals surface area contributed by atoms with Crippen molar-refractivity contribution in [2.45, 2.75) is 51.7 Å². The van der Waals surface area contributed by atoms with Gasteiger partial charge in [0.25, 0.3) is 0 Å². The first kappa shape index (κ1) is 17.7. The summed E-state index contributed by atoms with van der Waals surface area (Å²) in [6.45, 7) is 8.84. The molecular formula is C16H24N4O2S. The first-order valence-corrected chi connectivity index (χ1v) is 9.10. The minimum Gasteiger partial charge on any atom is -0.308 e. The van der Waals surface area contributed by atoms with Crippen molar-refractivity contribution < 1.29 is 8.42 Å². The lowest BCUT2D eigenvalue weighted by Gasteiger charge is -2.11. The highest BCUT2D eigenvalue weighted by atomic mass is 32.2. The fourth-order valence-corrected chi connectivity index (χ4v) is 3.69. The molecule has 0 saturated carbocycles. The number of nitrogens with one attached hydrogen (secondary N) is 3. The maximum Gasteiger partial charge on any atom is 0.240 e. The maximum absolute atomic E-state index is 12.2. The lowest BCUT2D eigenvalue weighted by Crippen LogP contribution is -2.30. The first-order chi connectivity index (χ1) is 10.8. The summed E-state index contributed by atoms with van der Waals surface area (Å²) >= 11 is 0. The van der Waals surface area contributed by atoms with E-state index < -0.39 is 10.0 Å². The Labute approximate surface area is 137 Å². The van der Waals surface area contributed by atoms with Gasteiger partial charge in [-0.3, -0.25) is 5.10 Å². The molecule has 0 amide bonds. The summed E-state index contributed by atoms with van der Waals surface area (Å²) in [4.78, 5) is 0.293. The average Bonchev–Trinajstić information content (AvgIpc) is 2.78. The Morgan fingerprint density at radius 3 is 2.57 bits per heavy atom. The zero-order chi connectivity index (χ0) is 17.0. The molecule has 0 aliphatic rings. The van der Waals surface area contributed by atoms with Crippen molar-refractivity contribution >= 4 is 10.0 Å². The number of sulfonamides is 1. The fourth-order valence-electron chi connectivity index (χ4n) is 2.37. The molecule has 2 rings (SSSR count). The highest BCUT2D eigenvalue weighted by Crippen LogP contribution is 2.13. The van der Waals surface area contributed by atoms with E-state index in [1.165, 1.54) is 0 Å². The van der Waals surface area contributed by atoms with Gasteiger partial charge in [0, 0.05) is 30.4 Å². The van der Waals surface area contributed by atoms with Crippen LogP contribution in [0.2, 0.25) is 0 Å². The maximum atomic E-state index is 12.2. The minimum absolute atomic E-state index is 0.131. The van der Waals surface area contributed by atoms with Gasteiger partial charge < -0.3 is 5.32 Å². The predicted molar refractivity (Wildman–Crippen MR) is 90.5 cm³/mol. The van der Waals surface area contributed by atoms with Crippen molar-refractivity contribution in [3.8, 4) is 0 Å². The lowest BCUT2D eigenvalue weighted by molar-refractivity contribution is 0.569. The third kappa shape index (κ3) is 4.63. The van der Waals surface area contributed by atoms with E-state index in [0.29, 0.717) is 18.0 Å². The fraction of sp³-hybridized carbons (Fsp3) is 0.438. The second-order valence-corrected chi connectivity index (χ2v) is 7.65. The standard InChI is InChI=1S/C16H24N4O2S/c1-11(2)20-23(21,22)15-7-5-6-14(8-15)9-17-10-16-12(3)18-19-13(16)4/h5-8,11,17,20H,9-10H2,1-4H3,(H,18,19). The van der Waals surface area contributed by atoms with Gasteiger partial charge in [0.15, 0.2) is 0 Å². The summed E-state index contributed by atoms with van der Waals surface area (Å²) in [7, 11) is -3.46. The van der Waals surface area contributed by atoms with Gasteiger partial charge in [-0.25, -0.2) is 13.1 Å². The SMILES string of the molecule is Cc1n[nH]c(C)c1CNCc1cccc(S(=O)(=O)NC(C)C)c1. The van der Waals surface area contributed by atoms with Crippen LogP contribution in [0.4, 0.5) is 0 Å². The molecule has 1 heterocycles. The number of nitrogens with zero attached hydrogens (tertiary/aromatic N) is 1. The largest absolute Gasteiger partial charge is 0.308 e. The van der Waals surface area contributed by atoms with Gasteiger partial charge >= 0.3 is 0 Å². The quantitative estimate of drug-likeness (QED) is 0.722. The molecule has 0 unspecified atom stereocenters. The summed E-state index contributed by atoms with van der Waals surface area (Å²) in [6.07, 6.45) is 0. The number of hydrogen-bond acceptors (Lipinski definition) is 4. The summed E-state index contributed by atoms with van der Waals surface area (Å²) in [5.74, 6) is 0. The lowest BCUT2D eigenvalue weighted by atomic mass is 10.2. The molecular weight excluding hydrogens is 312 g/mol. The Morgan fingerprint density at radius 1 is 1.22 bits per heavy atom. The van der Waals surface area contributed by atoms with E-state index in [2.05, 4.69) is 20.2 Å². The van der Waals surface area contributed by atoms with Gasteiger partial charge in [-0.1, -0.05) is 12.1 Å². The van der Waals surface area contributed by atoms with E-state index in [1.807, 2.05) is 19.9 Å². The molecule has 0 atom stereocenters. The highest BCUT2D eigenvalue weighted by Gasteiger charge is 2.15. The topological polar surface area (TPSA) is 86.9 Å². The Morgan fingerprint density at radius 2 is 1.96 bits per heavy atom. The summed E-state index contributed by atoms with van der Waals surface area (Å²) in [5, 5.41) is 10.4. The number of aromatic amines is 1. The third-order valence-corrected chi connectivity index (χ3v) is 5.17. The van der Waals surface area contributed by atoms with Crippen LogP contribution in [0.15, 0.2) is 29.2 Å². The van der Waals surface area contributed by atoms with Crippen LogP contribution in [0.5, 0.6) is 0 Å². The van der Waals surface area contributed by atoms with Gasteiger partial charge in [0.2, 0.25) is 10.0 Å². The molecule has 126 valence electrons. The van der Waals surface area contributed by atoms with Gasteiger partial charge in [-0.15, -0.1) is 0 Å². The van der Waals surface area contributed by atoms with Crippen molar-refractivity contribution in [2.75, 3.05) is 0 Å². The molecule has 6 nitrogen and oxygen atoms in total. The van der Waals surface area contributed by atoms with E-state index in [1.54, 1.807) is 32.0 Å². The molecule has 2 aromatic rings.